The summed E-state index contributed by atoms with van der Waals surface area (Å²) in [6, 6.07) is 8.22. The number of hydrogen-bond acceptors (Lipinski definition) is 2. The first-order valence-corrected chi connectivity index (χ1v) is 6.50. The van der Waals surface area contributed by atoms with Crippen LogP contribution in [0.5, 0.6) is 0 Å². The first-order valence-electron chi connectivity index (χ1n) is 6.50. The van der Waals surface area contributed by atoms with E-state index in [1.165, 1.54) is 11.1 Å². The number of benzene rings is 1. The van der Waals surface area contributed by atoms with Crippen LogP contribution >= 0.6 is 0 Å². The normalized spacial score (nSPS) is 10.2. The summed E-state index contributed by atoms with van der Waals surface area (Å²) in [4.78, 5) is 23.8. The Kier molecular flexibility index (Phi) is 6.06. The molecule has 104 valence electrons. The molecular weight excluding hydrogens is 242 g/mol. The highest BCUT2D eigenvalue weighted by atomic mass is 16.4. The lowest BCUT2D eigenvalue weighted by Crippen LogP contribution is -2.28. The molecule has 1 aromatic carbocycles. The minimum atomic E-state index is -0.852. The third kappa shape index (κ3) is 6.04. The number of carboxylic acids is 1. The smallest absolute Gasteiger partial charge is 0.303 e. The number of carboxylic acid groups (broad SMARTS) is 1. The van der Waals surface area contributed by atoms with E-state index in [4.69, 9.17) is 5.11 Å². The van der Waals surface area contributed by atoms with Gasteiger partial charge < -0.3 is 10.0 Å². The minimum absolute atomic E-state index is 0.00824. The molecule has 4 heteroatoms. The number of likely N-dealkylation sites (N-methyl/N-ethyl adjacent to an activating group) is 1. The van der Waals surface area contributed by atoms with Crippen molar-refractivity contribution >= 4 is 11.9 Å². The van der Waals surface area contributed by atoms with Gasteiger partial charge in [0, 0.05) is 26.4 Å². The van der Waals surface area contributed by atoms with Crippen LogP contribution in [-0.4, -0.2) is 35.5 Å². The molecule has 0 radical (unpaired) electrons. The first-order chi connectivity index (χ1) is 8.99. The van der Waals surface area contributed by atoms with Gasteiger partial charge in [-0.2, -0.15) is 0 Å². The van der Waals surface area contributed by atoms with E-state index >= 15 is 0 Å². The monoisotopic (exact) mass is 263 g/mol. The molecule has 0 saturated heterocycles. The minimum Gasteiger partial charge on any atom is -0.481 e. The Labute approximate surface area is 114 Å². The first kappa shape index (κ1) is 15.2. The number of amides is 1. The van der Waals surface area contributed by atoms with Crippen LogP contribution in [0.3, 0.4) is 0 Å². The number of carbonyl (C=O) groups excluding carboxylic acids is 1. The zero-order chi connectivity index (χ0) is 14.3. The molecule has 0 aliphatic carbocycles. The molecule has 0 heterocycles. The molecule has 0 bridgehead atoms. The summed E-state index contributed by atoms with van der Waals surface area (Å²) in [6.45, 7) is 2.71. The Hall–Kier alpha value is -1.84. The Morgan fingerprint density at radius 2 is 2.00 bits per heavy atom. The predicted octanol–water partition coefficient (Wildman–Crippen LogP) is 2.25. The van der Waals surface area contributed by atoms with Crippen LogP contribution in [0.2, 0.25) is 0 Å². The van der Waals surface area contributed by atoms with Crippen molar-refractivity contribution in [1.29, 1.82) is 0 Å². The van der Waals surface area contributed by atoms with Crippen LogP contribution in [0.15, 0.2) is 24.3 Å². The van der Waals surface area contributed by atoms with Crippen molar-refractivity contribution in [3.63, 3.8) is 0 Å². The average molecular weight is 263 g/mol. The second-order valence-corrected chi connectivity index (χ2v) is 4.80. The van der Waals surface area contributed by atoms with E-state index in [2.05, 4.69) is 12.1 Å². The van der Waals surface area contributed by atoms with Gasteiger partial charge in [-0.1, -0.05) is 29.8 Å². The van der Waals surface area contributed by atoms with E-state index < -0.39 is 5.97 Å². The quantitative estimate of drug-likeness (QED) is 0.821. The van der Waals surface area contributed by atoms with E-state index in [9.17, 15) is 9.59 Å². The molecule has 19 heavy (non-hydrogen) atoms. The fourth-order valence-electron chi connectivity index (χ4n) is 1.87. The molecule has 0 unspecified atom stereocenters. The number of aliphatic carboxylic acids is 1. The van der Waals surface area contributed by atoms with Gasteiger partial charge in [0.05, 0.1) is 0 Å². The highest BCUT2D eigenvalue weighted by Gasteiger charge is 2.09. The van der Waals surface area contributed by atoms with E-state index in [0.29, 0.717) is 19.4 Å². The van der Waals surface area contributed by atoms with Crippen molar-refractivity contribution < 1.29 is 14.7 Å². The van der Waals surface area contributed by atoms with Crippen LogP contribution in [-0.2, 0) is 16.0 Å². The number of hydrogen-bond donors (Lipinski definition) is 1. The van der Waals surface area contributed by atoms with Crippen molar-refractivity contribution in [1.82, 2.24) is 4.90 Å². The Morgan fingerprint density at radius 1 is 1.26 bits per heavy atom. The van der Waals surface area contributed by atoms with Crippen molar-refractivity contribution in [2.75, 3.05) is 13.6 Å². The summed E-state index contributed by atoms with van der Waals surface area (Å²) in [5.74, 6) is -0.843. The topological polar surface area (TPSA) is 57.6 Å². The van der Waals surface area contributed by atoms with E-state index in [1.54, 1.807) is 11.9 Å². The highest BCUT2D eigenvalue weighted by Crippen LogP contribution is 2.06. The summed E-state index contributed by atoms with van der Waals surface area (Å²) in [5, 5.41) is 8.52. The summed E-state index contributed by atoms with van der Waals surface area (Å²) in [5.41, 5.74) is 2.43. The highest BCUT2D eigenvalue weighted by molar-refractivity contribution is 5.76. The fourth-order valence-corrected chi connectivity index (χ4v) is 1.87. The van der Waals surface area contributed by atoms with Gasteiger partial charge in [0.15, 0.2) is 0 Å². The molecule has 1 rings (SSSR count). The number of rotatable bonds is 7. The molecule has 0 spiro atoms. The maximum atomic E-state index is 11.7. The Bertz CT molecular complexity index is 443. The Balaban J connectivity index is 2.32. The van der Waals surface area contributed by atoms with Crippen LogP contribution in [0.25, 0.3) is 0 Å². The van der Waals surface area contributed by atoms with Gasteiger partial charge in [-0.05, 0) is 25.3 Å². The molecule has 0 atom stereocenters. The molecule has 1 N–H and O–H groups in total. The molecule has 1 amide bonds. The summed E-state index contributed by atoms with van der Waals surface area (Å²) >= 11 is 0. The molecule has 0 aliphatic rings. The van der Waals surface area contributed by atoms with Gasteiger partial charge in [-0.15, -0.1) is 0 Å². The number of aryl methyl sites for hydroxylation is 1. The number of carbonyl (C=O) groups is 2. The standard InChI is InChI=1S/C15H21NO3/c1-12-5-3-6-13(11-12)9-10-16(2)14(17)7-4-8-15(18)19/h3,5-6,11H,4,7-10H2,1-2H3,(H,18,19). The van der Waals surface area contributed by atoms with E-state index in [1.807, 2.05) is 19.1 Å². The molecule has 0 saturated carbocycles. The molecule has 0 aromatic heterocycles. The summed E-state index contributed by atoms with van der Waals surface area (Å²) in [7, 11) is 1.76. The second kappa shape index (κ2) is 7.56. The molecular formula is C15H21NO3. The van der Waals surface area contributed by atoms with Gasteiger partial charge in [0.1, 0.15) is 0 Å². The lowest BCUT2D eigenvalue weighted by atomic mass is 10.1. The maximum Gasteiger partial charge on any atom is 0.303 e. The van der Waals surface area contributed by atoms with E-state index in [-0.39, 0.29) is 12.3 Å². The van der Waals surface area contributed by atoms with Gasteiger partial charge in [-0.3, -0.25) is 9.59 Å². The third-order valence-corrected chi connectivity index (χ3v) is 3.03. The van der Waals surface area contributed by atoms with Crippen LogP contribution < -0.4 is 0 Å². The molecule has 0 fully saturated rings. The van der Waals surface area contributed by atoms with Crippen molar-refractivity contribution in [2.24, 2.45) is 0 Å². The SMILES string of the molecule is Cc1cccc(CCN(C)C(=O)CCCC(=O)O)c1. The Morgan fingerprint density at radius 3 is 2.63 bits per heavy atom. The molecule has 4 nitrogen and oxygen atoms in total. The third-order valence-electron chi connectivity index (χ3n) is 3.03. The summed E-state index contributed by atoms with van der Waals surface area (Å²) < 4.78 is 0. The van der Waals surface area contributed by atoms with Crippen molar-refractivity contribution in [3.8, 4) is 0 Å². The van der Waals surface area contributed by atoms with E-state index in [0.717, 1.165) is 6.42 Å². The summed E-state index contributed by atoms with van der Waals surface area (Å²) in [6.07, 6.45) is 1.58. The lowest BCUT2D eigenvalue weighted by molar-refractivity contribution is -0.137. The zero-order valence-electron chi connectivity index (χ0n) is 11.6. The van der Waals surface area contributed by atoms with Crippen molar-refractivity contribution in [3.05, 3.63) is 35.4 Å². The fraction of sp³-hybridized carbons (Fsp3) is 0.467. The second-order valence-electron chi connectivity index (χ2n) is 4.80. The molecule has 0 aliphatic heterocycles. The van der Waals surface area contributed by atoms with Gasteiger partial charge in [0.25, 0.3) is 0 Å². The lowest BCUT2D eigenvalue weighted by Gasteiger charge is -2.17. The van der Waals surface area contributed by atoms with Crippen LogP contribution in [0.4, 0.5) is 0 Å². The van der Waals surface area contributed by atoms with Gasteiger partial charge in [0.2, 0.25) is 5.91 Å². The van der Waals surface area contributed by atoms with Crippen LogP contribution in [0.1, 0.15) is 30.4 Å². The average Bonchev–Trinajstić information content (AvgIpc) is 2.35. The maximum absolute atomic E-state index is 11.7. The zero-order valence-corrected chi connectivity index (χ0v) is 11.6. The predicted molar refractivity (Wildman–Crippen MR) is 74.0 cm³/mol. The largest absolute Gasteiger partial charge is 0.481 e. The van der Waals surface area contributed by atoms with Gasteiger partial charge >= 0.3 is 5.97 Å². The number of nitrogens with zero attached hydrogens (tertiary/aromatic N) is 1. The van der Waals surface area contributed by atoms with Crippen LogP contribution in [0, 0.1) is 6.92 Å². The van der Waals surface area contributed by atoms with Crippen molar-refractivity contribution in [2.45, 2.75) is 32.6 Å². The molecule has 1 aromatic rings. The van der Waals surface area contributed by atoms with Gasteiger partial charge in [-0.25, -0.2) is 0 Å².